The fraction of sp³-hybridized carbons (Fsp3) is 0.231. The summed E-state index contributed by atoms with van der Waals surface area (Å²) < 4.78 is 1.44. The summed E-state index contributed by atoms with van der Waals surface area (Å²) in [6.45, 7) is 3.52. The standard InChI is InChI=1S/C13H14N4O3/c1-8-4-5-10(11(6-8)17(19)20)14-13(18)12-7-9(2)15-16(12)3/h4-7H,1-3H3,(H,14,18). The summed E-state index contributed by atoms with van der Waals surface area (Å²) in [5.41, 5.74) is 1.85. The molecule has 7 heteroatoms. The van der Waals surface area contributed by atoms with Crippen LogP contribution in [0.4, 0.5) is 11.4 Å². The molecule has 0 atom stereocenters. The zero-order valence-electron chi connectivity index (χ0n) is 11.4. The Kier molecular flexibility index (Phi) is 3.51. The van der Waals surface area contributed by atoms with Crippen molar-refractivity contribution in [1.29, 1.82) is 0 Å². The van der Waals surface area contributed by atoms with Crippen LogP contribution in [0.2, 0.25) is 0 Å². The van der Waals surface area contributed by atoms with Gasteiger partial charge in [-0.3, -0.25) is 19.6 Å². The van der Waals surface area contributed by atoms with Gasteiger partial charge in [0.2, 0.25) is 0 Å². The fourth-order valence-corrected chi connectivity index (χ4v) is 1.91. The fourth-order valence-electron chi connectivity index (χ4n) is 1.91. The Labute approximate surface area is 115 Å². The number of aromatic nitrogens is 2. The topological polar surface area (TPSA) is 90.1 Å². The predicted octanol–water partition coefficient (Wildman–Crippen LogP) is 2.20. The molecule has 1 heterocycles. The lowest BCUT2D eigenvalue weighted by molar-refractivity contribution is -0.384. The molecule has 0 aliphatic heterocycles. The molecule has 1 aromatic carbocycles. The van der Waals surface area contributed by atoms with E-state index >= 15 is 0 Å². The Bertz CT molecular complexity index is 691. The van der Waals surface area contributed by atoms with Gasteiger partial charge in [-0.25, -0.2) is 0 Å². The Morgan fingerprint density at radius 1 is 1.35 bits per heavy atom. The average molecular weight is 274 g/mol. The second-order valence-corrected chi connectivity index (χ2v) is 4.53. The number of amides is 1. The highest BCUT2D eigenvalue weighted by Crippen LogP contribution is 2.25. The number of anilines is 1. The molecule has 0 spiro atoms. The molecule has 0 radical (unpaired) electrons. The highest BCUT2D eigenvalue weighted by molar-refractivity contribution is 6.04. The Hall–Kier alpha value is -2.70. The van der Waals surface area contributed by atoms with Crippen LogP contribution in [-0.4, -0.2) is 20.6 Å². The number of nitro groups is 1. The van der Waals surface area contributed by atoms with E-state index in [0.717, 1.165) is 5.56 Å². The smallest absolute Gasteiger partial charge is 0.293 e. The van der Waals surface area contributed by atoms with Crippen LogP contribution in [0.1, 0.15) is 21.7 Å². The molecule has 2 aromatic rings. The van der Waals surface area contributed by atoms with Gasteiger partial charge in [0.15, 0.2) is 0 Å². The molecule has 2 rings (SSSR count). The second kappa shape index (κ2) is 5.12. The first-order valence-corrected chi connectivity index (χ1v) is 5.95. The van der Waals surface area contributed by atoms with Gasteiger partial charge < -0.3 is 5.32 Å². The van der Waals surface area contributed by atoms with Gasteiger partial charge >= 0.3 is 0 Å². The first-order valence-electron chi connectivity index (χ1n) is 5.95. The van der Waals surface area contributed by atoms with Gasteiger partial charge in [-0.2, -0.15) is 5.10 Å². The van der Waals surface area contributed by atoms with E-state index in [9.17, 15) is 14.9 Å². The van der Waals surface area contributed by atoms with Crippen molar-refractivity contribution in [1.82, 2.24) is 9.78 Å². The Balaban J connectivity index is 2.33. The van der Waals surface area contributed by atoms with Crippen molar-refractivity contribution >= 4 is 17.3 Å². The number of carbonyl (C=O) groups excluding carboxylic acids is 1. The van der Waals surface area contributed by atoms with Crippen LogP contribution in [0, 0.1) is 24.0 Å². The van der Waals surface area contributed by atoms with E-state index < -0.39 is 10.8 Å². The van der Waals surface area contributed by atoms with Gasteiger partial charge in [0.25, 0.3) is 11.6 Å². The summed E-state index contributed by atoms with van der Waals surface area (Å²) in [5, 5.41) is 17.6. The normalized spacial score (nSPS) is 10.3. The first-order chi connectivity index (χ1) is 9.38. The zero-order chi connectivity index (χ0) is 14.9. The van der Waals surface area contributed by atoms with Crippen LogP contribution in [0.3, 0.4) is 0 Å². The van der Waals surface area contributed by atoms with Gasteiger partial charge in [-0.1, -0.05) is 6.07 Å². The number of nitro benzene ring substituents is 1. The number of rotatable bonds is 3. The van der Waals surface area contributed by atoms with Crippen LogP contribution in [0.5, 0.6) is 0 Å². The van der Waals surface area contributed by atoms with E-state index in [-0.39, 0.29) is 11.4 Å². The maximum atomic E-state index is 12.1. The minimum absolute atomic E-state index is 0.128. The van der Waals surface area contributed by atoms with Crippen LogP contribution >= 0.6 is 0 Å². The maximum absolute atomic E-state index is 12.1. The van der Waals surface area contributed by atoms with Gasteiger partial charge in [0, 0.05) is 13.1 Å². The Morgan fingerprint density at radius 3 is 2.60 bits per heavy atom. The summed E-state index contributed by atoms with van der Waals surface area (Å²) in [5.74, 6) is -0.431. The summed E-state index contributed by atoms with van der Waals surface area (Å²) in [7, 11) is 1.64. The number of benzene rings is 1. The third kappa shape index (κ3) is 2.66. The van der Waals surface area contributed by atoms with Crippen molar-refractivity contribution in [3.05, 3.63) is 51.3 Å². The molecular formula is C13H14N4O3. The van der Waals surface area contributed by atoms with Crippen LogP contribution in [-0.2, 0) is 7.05 Å². The van der Waals surface area contributed by atoms with Gasteiger partial charge in [0.1, 0.15) is 11.4 Å². The third-order valence-electron chi connectivity index (χ3n) is 2.83. The quantitative estimate of drug-likeness (QED) is 0.686. The minimum Gasteiger partial charge on any atom is -0.315 e. The third-order valence-corrected chi connectivity index (χ3v) is 2.83. The second-order valence-electron chi connectivity index (χ2n) is 4.53. The van der Waals surface area contributed by atoms with Gasteiger partial charge in [-0.05, 0) is 31.5 Å². The first kappa shape index (κ1) is 13.7. The van der Waals surface area contributed by atoms with E-state index in [0.29, 0.717) is 11.4 Å². The number of hydrogen-bond donors (Lipinski definition) is 1. The highest BCUT2D eigenvalue weighted by Gasteiger charge is 2.18. The SMILES string of the molecule is Cc1ccc(NC(=O)c2cc(C)nn2C)c([N+](=O)[O-])c1. The number of nitrogens with zero attached hydrogens (tertiary/aromatic N) is 3. The van der Waals surface area contributed by atoms with E-state index in [1.54, 1.807) is 33.0 Å². The molecule has 1 aromatic heterocycles. The van der Waals surface area contributed by atoms with Gasteiger partial charge in [-0.15, -0.1) is 0 Å². The number of aryl methyl sites for hydroxylation is 3. The minimum atomic E-state index is -0.517. The van der Waals surface area contributed by atoms with E-state index in [4.69, 9.17) is 0 Å². The van der Waals surface area contributed by atoms with Crippen molar-refractivity contribution in [3.8, 4) is 0 Å². The van der Waals surface area contributed by atoms with Crippen molar-refractivity contribution in [2.75, 3.05) is 5.32 Å². The van der Waals surface area contributed by atoms with E-state index in [1.807, 2.05) is 0 Å². The molecule has 0 bridgehead atoms. The van der Waals surface area contributed by atoms with Crippen LogP contribution in [0.15, 0.2) is 24.3 Å². The molecule has 0 aliphatic carbocycles. The summed E-state index contributed by atoms with van der Waals surface area (Å²) >= 11 is 0. The van der Waals surface area contributed by atoms with Crippen molar-refractivity contribution in [3.63, 3.8) is 0 Å². The summed E-state index contributed by atoms with van der Waals surface area (Å²) in [4.78, 5) is 22.6. The monoisotopic (exact) mass is 274 g/mol. The maximum Gasteiger partial charge on any atom is 0.293 e. The lowest BCUT2D eigenvalue weighted by atomic mass is 10.2. The molecular weight excluding hydrogens is 260 g/mol. The van der Waals surface area contributed by atoms with Crippen molar-refractivity contribution in [2.45, 2.75) is 13.8 Å². The molecule has 7 nitrogen and oxygen atoms in total. The van der Waals surface area contributed by atoms with E-state index in [1.165, 1.54) is 16.8 Å². The summed E-state index contributed by atoms with van der Waals surface area (Å²) in [6.07, 6.45) is 0. The Morgan fingerprint density at radius 2 is 2.05 bits per heavy atom. The molecule has 0 unspecified atom stereocenters. The molecule has 0 aliphatic rings. The van der Waals surface area contributed by atoms with Crippen LogP contribution in [0.25, 0.3) is 0 Å². The average Bonchev–Trinajstić information content (AvgIpc) is 2.70. The van der Waals surface area contributed by atoms with Crippen LogP contribution < -0.4 is 5.32 Å². The molecule has 0 saturated heterocycles. The zero-order valence-corrected chi connectivity index (χ0v) is 11.4. The largest absolute Gasteiger partial charge is 0.315 e. The van der Waals surface area contributed by atoms with E-state index in [2.05, 4.69) is 10.4 Å². The molecule has 1 N–H and O–H groups in total. The molecule has 0 fully saturated rings. The number of hydrogen-bond acceptors (Lipinski definition) is 4. The van der Waals surface area contributed by atoms with Gasteiger partial charge in [0.05, 0.1) is 10.6 Å². The predicted molar refractivity (Wildman–Crippen MR) is 73.7 cm³/mol. The molecule has 0 saturated carbocycles. The molecule has 104 valence electrons. The summed E-state index contributed by atoms with van der Waals surface area (Å²) in [6, 6.07) is 6.27. The lowest BCUT2D eigenvalue weighted by Crippen LogP contribution is -2.16. The lowest BCUT2D eigenvalue weighted by Gasteiger charge is -2.06. The molecule has 1 amide bonds. The number of nitrogens with one attached hydrogen (secondary N) is 1. The molecule has 20 heavy (non-hydrogen) atoms. The van der Waals surface area contributed by atoms with Crippen molar-refractivity contribution < 1.29 is 9.72 Å². The number of carbonyl (C=O) groups is 1. The highest BCUT2D eigenvalue weighted by atomic mass is 16.6. The van der Waals surface area contributed by atoms with Crippen molar-refractivity contribution in [2.24, 2.45) is 7.05 Å².